The number of hydrogen-bond acceptors (Lipinski definition) is 7. The summed E-state index contributed by atoms with van der Waals surface area (Å²) >= 11 is 0. The molecule has 4 aliphatic heterocycles. The number of ether oxygens (including phenoxy) is 1. The van der Waals surface area contributed by atoms with Crippen molar-refractivity contribution in [2.45, 2.75) is 70.4 Å². The maximum atomic E-state index is 16.9. The number of alkyl halides is 2. The van der Waals surface area contributed by atoms with E-state index in [1.165, 1.54) is 6.07 Å². The van der Waals surface area contributed by atoms with Crippen LogP contribution in [0.1, 0.15) is 57.2 Å². The van der Waals surface area contributed by atoms with E-state index in [4.69, 9.17) is 21.1 Å². The van der Waals surface area contributed by atoms with Crippen LogP contribution in [0.25, 0.3) is 32.9 Å². The standard InChI is InChI=1S/C35H34F4N6O.C2H6/c1-2-23-25(36)9-7-21-5-3-6-24(28(21)23)31-30(39)32-29-26(41-31)10-8-22-17-40-12-14-45(22)33(29)43-34(42-32)46-19-35-11-4-13-44(35)18-20(16-35)15-27(37)38;1-2/h1,3,5-7,9,20,22,27,40H,4,8,10-19H2;1-2H3. The lowest BCUT2D eigenvalue weighted by Gasteiger charge is -2.36. The minimum absolute atomic E-state index is 0.0509. The number of anilines is 1. The second-order valence-corrected chi connectivity index (χ2v) is 13.1. The van der Waals surface area contributed by atoms with Crippen molar-refractivity contribution in [1.82, 2.24) is 25.2 Å². The van der Waals surface area contributed by atoms with Crippen LogP contribution in [0.4, 0.5) is 23.4 Å². The molecule has 7 nitrogen and oxygen atoms in total. The third-order valence-corrected chi connectivity index (χ3v) is 10.4. The predicted octanol–water partition coefficient (Wildman–Crippen LogP) is 6.74. The Labute approximate surface area is 278 Å². The second-order valence-electron chi connectivity index (χ2n) is 13.1. The van der Waals surface area contributed by atoms with Gasteiger partial charge in [-0.2, -0.15) is 9.97 Å². The van der Waals surface area contributed by atoms with Crippen molar-refractivity contribution < 1.29 is 22.3 Å². The van der Waals surface area contributed by atoms with E-state index >= 15 is 4.39 Å². The Kier molecular flexibility index (Phi) is 8.90. The molecule has 0 saturated carbocycles. The SMILES string of the molecule is C#Cc1c(F)ccc2cccc(-c3nc4c5c(nc(OCC67CCCN6CC(CC(F)F)C7)nc5c3F)N3CCNCC3CC4)c12.CC. The molecule has 2 aromatic heterocycles. The van der Waals surface area contributed by atoms with Crippen molar-refractivity contribution in [1.29, 1.82) is 0 Å². The smallest absolute Gasteiger partial charge is 0.319 e. The zero-order chi connectivity index (χ0) is 33.6. The molecule has 2 aromatic carbocycles. The summed E-state index contributed by atoms with van der Waals surface area (Å²) in [5, 5.41) is 5.11. The van der Waals surface area contributed by atoms with Crippen LogP contribution >= 0.6 is 0 Å². The molecule has 48 heavy (non-hydrogen) atoms. The van der Waals surface area contributed by atoms with Gasteiger partial charge in [-0.1, -0.05) is 44.0 Å². The number of aryl methyl sites for hydroxylation is 1. The van der Waals surface area contributed by atoms with Gasteiger partial charge in [0.05, 0.1) is 22.2 Å². The monoisotopic (exact) mass is 660 g/mol. The molecular formula is C37H40F4N6O. The molecule has 0 spiro atoms. The van der Waals surface area contributed by atoms with Gasteiger partial charge in [-0.05, 0) is 56.0 Å². The van der Waals surface area contributed by atoms with Gasteiger partial charge in [-0.25, -0.2) is 22.5 Å². The number of nitrogens with one attached hydrogen (secondary N) is 1. The Morgan fingerprint density at radius 1 is 1.10 bits per heavy atom. The normalized spacial score (nSPS) is 23.4. The average molecular weight is 661 g/mol. The molecule has 3 fully saturated rings. The van der Waals surface area contributed by atoms with E-state index < -0.39 is 18.1 Å². The number of pyridine rings is 1. The number of aromatic nitrogens is 3. The maximum Gasteiger partial charge on any atom is 0.319 e. The van der Waals surface area contributed by atoms with E-state index in [1.54, 1.807) is 18.2 Å². The summed E-state index contributed by atoms with van der Waals surface area (Å²) in [6.07, 6.45) is 7.07. The Balaban J connectivity index is 0.00000179. The minimum atomic E-state index is -2.34. The summed E-state index contributed by atoms with van der Waals surface area (Å²) in [7, 11) is 0. The van der Waals surface area contributed by atoms with Gasteiger partial charge in [0.2, 0.25) is 6.43 Å². The number of piperazine rings is 1. The molecule has 0 amide bonds. The molecule has 4 aromatic rings. The van der Waals surface area contributed by atoms with Crippen LogP contribution in [0, 0.1) is 29.9 Å². The second kappa shape index (κ2) is 13.1. The zero-order valence-corrected chi connectivity index (χ0v) is 27.3. The molecule has 0 radical (unpaired) electrons. The number of hydrogen-bond donors (Lipinski definition) is 1. The lowest BCUT2D eigenvalue weighted by atomic mass is 9.89. The van der Waals surface area contributed by atoms with Crippen LogP contribution in [0.15, 0.2) is 30.3 Å². The van der Waals surface area contributed by atoms with Gasteiger partial charge in [0.15, 0.2) is 5.82 Å². The molecule has 3 unspecified atom stereocenters. The van der Waals surface area contributed by atoms with Crippen LogP contribution in [-0.2, 0) is 6.42 Å². The highest BCUT2D eigenvalue weighted by Crippen LogP contribution is 2.44. The lowest BCUT2D eigenvalue weighted by Crippen LogP contribution is -2.51. The third kappa shape index (κ3) is 5.53. The van der Waals surface area contributed by atoms with E-state index in [9.17, 15) is 13.2 Å². The topological polar surface area (TPSA) is 66.4 Å². The van der Waals surface area contributed by atoms with Crippen molar-refractivity contribution >= 4 is 27.5 Å². The van der Waals surface area contributed by atoms with Crippen LogP contribution in [-0.4, -0.2) is 77.2 Å². The third-order valence-electron chi connectivity index (χ3n) is 10.4. The van der Waals surface area contributed by atoms with Gasteiger partial charge in [0.1, 0.15) is 29.5 Å². The largest absolute Gasteiger partial charge is 0.461 e. The quantitative estimate of drug-likeness (QED) is 0.182. The molecular weight excluding hydrogens is 620 g/mol. The highest BCUT2D eigenvalue weighted by atomic mass is 19.3. The van der Waals surface area contributed by atoms with Crippen molar-refractivity contribution in [3.63, 3.8) is 0 Å². The van der Waals surface area contributed by atoms with Gasteiger partial charge in [-0.15, -0.1) is 6.42 Å². The van der Waals surface area contributed by atoms with Crippen molar-refractivity contribution in [2.75, 3.05) is 44.2 Å². The number of fused-ring (bicyclic) bond motifs is 4. The van der Waals surface area contributed by atoms with Gasteiger partial charge in [0.25, 0.3) is 0 Å². The molecule has 6 heterocycles. The van der Waals surface area contributed by atoms with E-state index in [0.29, 0.717) is 59.2 Å². The maximum absolute atomic E-state index is 16.9. The summed E-state index contributed by atoms with van der Waals surface area (Å²) < 4.78 is 64.7. The minimum Gasteiger partial charge on any atom is -0.461 e. The highest BCUT2D eigenvalue weighted by Gasteiger charge is 2.49. The van der Waals surface area contributed by atoms with Gasteiger partial charge < -0.3 is 15.0 Å². The fraction of sp³-hybridized carbons (Fsp3) is 0.486. The van der Waals surface area contributed by atoms with E-state index in [2.05, 4.69) is 26.0 Å². The molecule has 0 aliphatic carbocycles. The van der Waals surface area contributed by atoms with E-state index in [1.807, 2.05) is 19.9 Å². The van der Waals surface area contributed by atoms with Crippen molar-refractivity contribution in [3.8, 4) is 29.6 Å². The molecule has 11 heteroatoms. The Morgan fingerprint density at radius 2 is 1.96 bits per heavy atom. The van der Waals surface area contributed by atoms with Gasteiger partial charge in [0, 0.05) is 49.6 Å². The van der Waals surface area contributed by atoms with Crippen LogP contribution in [0.3, 0.4) is 0 Å². The fourth-order valence-electron chi connectivity index (χ4n) is 8.39. The van der Waals surface area contributed by atoms with Crippen LogP contribution in [0.2, 0.25) is 0 Å². The first-order valence-electron chi connectivity index (χ1n) is 17.1. The molecule has 4 aliphatic rings. The number of nitrogens with zero attached hydrogens (tertiary/aromatic N) is 5. The molecule has 0 bridgehead atoms. The van der Waals surface area contributed by atoms with Crippen molar-refractivity contribution in [3.05, 3.63) is 53.2 Å². The molecule has 8 rings (SSSR count). The Hall–Kier alpha value is -4.01. The first kappa shape index (κ1) is 32.5. The van der Waals surface area contributed by atoms with Crippen molar-refractivity contribution in [2.24, 2.45) is 5.92 Å². The zero-order valence-electron chi connectivity index (χ0n) is 27.3. The molecule has 252 valence electrons. The van der Waals surface area contributed by atoms with Gasteiger partial charge in [-0.3, -0.25) is 4.90 Å². The summed E-state index contributed by atoms with van der Waals surface area (Å²) in [5.74, 6) is 1.73. The first-order valence-corrected chi connectivity index (χ1v) is 17.1. The van der Waals surface area contributed by atoms with Crippen LogP contribution in [0.5, 0.6) is 6.01 Å². The number of rotatable bonds is 6. The van der Waals surface area contributed by atoms with E-state index in [0.717, 1.165) is 38.9 Å². The van der Waals surface area contributed by atoms with E-state index in [-0.39, 0.29) is 53.3 Å². The lowest BCUT2D eigenvalue weighted by molar-refractivity contribution is 0.106. The molecule has 3 atom stereocenters. The van der Waals surface area contributed by atoms with Crippen LogP contribution < -0.4 is 15.0 Å². The highest BCUT2D eigenvalue weighted by molar-refractivity contribution is 6.02. The fourth-order valence-corrected chi connectivity index (χ4v) is 8.39. The summed E-state index contributed by atoms with van der Waals surface area (Å²) in [6, 6.07) is 8.41. The summed E-state index contributed by atoms with van der Waals surface area (Å²) in [5.41, 5.74) is 0.896. The summed E-state index contributed by atoms with van der Waals surface area (Å²) in [6.45, 7) is 7.89. The predicted molar refractivity (Wildman–Crippen MR) is 180 cm³/mol. The summed E-state index contributed by atoms with van der Waals surface area (Å²) in [4.78, 5) is 18.9. The number of benzene rings is 2. The Bertz CT molecular complexity index is 1900. The molecule has 1 N–H and O–H groups in total. The number of halogens is 4. The van der Waals surface area contributed by atoms with Gasteiger partial charge >= 0.3 is 6.01 Å². The Morgan fingerprint density at radius 3 is 2.77 bits per heavy atom. The average Bonchev–Trinajstić information content (AvgIpc) is 3.59. The molecule has 3 saturated heterocycles. The first-order chi connectivity index (χ1) is 23.3. The number of terminal acetylenes is 1.